The molecule has 5 aliphatic rings. The summed E-state index contributed by atoms with van der Waals surface area (Å²) in [5, 5.41) is 0. The third-order valence-corrected chi connectivity index (χ3v) is 14.5. The first-order chi connectivity index (χ1) is 18.8. The lowest BCUT2D eigenvalue weighted by Crippen LogP contribution is -2.67. The zero-order chi connectivity index (χ0) is 28.9. The van der Waals surface area contributed by atoms with Crippen LogP contribution in [0.4, 0.5) is 0 Å². The van der Waals surface area contributed by atoms with E-state index in [0.717, 1.165) is 50.8 Å². The minimum absolute atomic E-state index is 0.157. The van der Waals surface area contributed by atoms with Crippen LogP contribution in [0.15, 0.2) is 24.5 Å². The van der Waals surface area contributed by atoms with Crippen molar-refractivity contribution in [3.8, 4) is 0 Å². The Morgan fingerprint density at radius 1 is 1.00 bits per heavy atom. The topological polar surface area (TPSA) is 61.2 Å². The Bertz CT molecular complexity index is 1230. The number of hydrogen-bond donors (Lipinski definition) is 0. The molecule has 0 aliphatic heterocycles. The maximum Gasteiger partial charge on any atom is 0.238 e. The van der Waals surface area contributed by atoms with E-state index in [1.807, 2.05) is 17.7 Å². The van der Waals surface area contributed by atoms with Crippen molar-refractivity contribution in [1.29, 1.82) is 0 Å². The molecule has 5 heteroatoms. The highest BCUT2D eigenvalue weighted by Crippen LogP contribution is 2.77. The van der Waals surface area contributed by atoms with Crippen LogP contribution >= 0.6 is 0 Å². The van der Waals surface area contributed by atoms with E-state index in [0.29, 0.717) is 36.1 Å². The van der Waals surface area contributed by atoms with Crippen LogP contribution in [0, 0.1) is 63.6 Å². The average Bonchev–Trinajstić information content (AvgIpc) is 3.51. The fraction of sp³-hybridized carbons (Fsp3) is 0.800. The minimum atomic E-state index is -0.361. The van der Waals surface area contributed by atoms with Crippen molar-refractivity contribution in [2.45, 2.75) is 106 Å². The molecule has 0 unspecified atom stereocenters. The van der Waals surface area contributed by atoms with Gasteiger partial charge in [0.2, 0.25) is 5.91 Å². The first-order valence-corrected chi connectivity index (χ1v) is 16.0. The average molecular weight is 549 g/mol. The Labute approximate surface area is 241 Å². The van der Waals surface area contributed by atoms with Gasteiger partial charge in [-0.05, 0) is 116 Å². The number of aromatic nitrogens is 2. The lowest BCUT2D eigenvalue weighted by molar-refractivity contribution is -0.230. The molecule has 1 heterocycles. The number of carbonyl (C=O) groups excluding carboxylic acids is 2. The predicted octanol–water partition coefficient (Wildman–Crippen LogP) is 7.68. The number of ether oxygens (including phenoxy) is 1. The summed E-state index contributed by atoms with van der Waals surface area (Å²) in [6.07, 6.45) is 14.2. The first kappa shape index (κ1) is 28.4. The van der Waals surface area contributed by atoms with Crippen molar-refractivity contribution in [1.82, 2.24) is 9.55 Å². The van der Waals surface area contributed by atoms with Crippen LogP contribution in [0.25, 0.3) is 0 Å². The monoisotopic (exact) mass is 548 g/mol. The van der Waals surface area contributed by atoms with Crippen LogP contribution in [0.3, 0.4) is 0 Å². The zero-order valence-electron chi connectivity index (χ0n) is 26.1. The molecule has 0 aromatic carbocycles. The van der Waals surface area contributed by atoms with Gasteiger partial charge in [0, 0.05) is 31.3 Å². The lowest BCUT2D eigenvalue weighted by atomic mass is 9.32. The number of nitrogens with zero attached hydrogens (tertiary/aromatic N) is 2. The van der Waals surface area contributed by atoms with E-state index in [9.17, 15) is 9.59 Å². The van der Waals surface area contributed by atoms with Crippen molar-refractivity contribution in [2.24, 2.45) is 56.7 Å². The van der Waals surface area contributed by atoms with Gasteiger partial charge in [0.25, 0.3) is 0 Å². The molecule has 0 saturated heterocycles. The fourth-order valence-corrected chi connectivity index (χ4v) is 12.3. The van der Waals surface area contributed by atoms with Crippen molar-refractivity contribution in [2.75, 3.05) is 13.7 Å². The minimum Gasteiger partial charge on any atom is -0.380 e. The number of fused-ring (bicyclic) bond motifs is 7. The van der Waals surface area contributed by atoms with E-state index in [1.54, 1.807) is 13.3 Å². The van der Waals surface area contributed by atoms with Crippen molar-refractivity contribution in [3.05, 3.63) is 30.4 Å². The molecule has 5 saturated carbocycles. The van der Waals surface area contributed by atoms with E-state index < -0.39 is 0 Å². The molecular formula is C35H52N2O3. The van der Waals surface area contributed by atoms with Gasteiger partial charge in [-0.2, -0.15) is 0 Å². The third kappa shape index (κ3) is 3.45. The maximum atomic E-state index is 14.5. The second kappa shape index (κ2) is 9.12. The summed E-state index contributed by atoms with van der Waals surface area (Å²) >= 11 is 0. The molecule has 6 rings (SSSR count). The van der Waals surface area contributed by atoms with Gasteiger partial charge < -0.3 is 4.74 Å². The van der Waals surface area contributed by atoms with E-state index in [-0.39, 0.29) is 38.9 Å². The highest BCUT2D eigenvalue weighted by Gasteiger charge is 2.72. The van der Waals surface area contributed by atoms with Gasteiger partial charge in [0.05, 0.1) is 12.0 Å². The first-order valence-electron chi connectivity index (χ1n) is 16.0. The van der Waals surface area contributed by atoms with Crippen LogP contribution in [0.2, 0.25) is 0 Å². The largest absolute Gasteiger partial charge is 0.380 e. The normalized spacial score (nSPS) is 45.7. The summed E-state index contributed by atoms with van der Waals surface area (Å²) in [4.78, 5) is 32.0. The second-order valence-corrected chi connectivity index (χ2v) is 15.9. The Balaban J connectivity index is 1.42. The van der Waals surface area contributed by atoms with Crippen LogP contribution < -0.4 is 0 Å². The molecule has 9 atom stereocenters. The number of hydrogen-bond acceptors (Lipinski definition) is 4. The van der Waals surface area contributed by atoms with Gasteiger partial charge in [0.1, 0.15) is 11.6 Å². The SMILES string of the molecule is C=C(COC)[C@@H]1CC[C@]2(C(=O)n3ccnc3C)CC[C@]3(C)[C@H](CC[C@@H]4[C@@]5(C)CCC(=O)C(C)(C)[C@@H]5CC[C@]43C)[C@@H]12. The number of aryl methyl sites for hydroxylation is 1. The highest BCUT2D eigenvalue weighted by molar-refractivity contribution is 5.87. The lowest BCUT2D eigenvalue weighted by Gasteiger charge is -2.72. The molecule has 5 fully saturated rings. The highest BCUT2D eigenvalue weighted by atomic mass is 16.5. The number of imidazole rings is 1. The molecule has 5 aliphatic carbocycles. The maximum absolute atomic E-state index is 14.5. The van der Waals surface area contributed by atoms with Gasteiger partial charge >= 0.3 is 0 Å². The second-order valence-electron chi connectivity index (χ2n) is 15.9. The fourth-order valence-electron chi connectivity index (χ4n) is 12.3. The Morgan fingerprint density at radius 2 is 1.75 bits per heavy atom. The Hall–Kier alpha value is -1.75. The summed E-state index contributed by atoms with van der Waals surface area (Å²) in [6, 6.07) is 0. The summed E-state index contributed by atoms with van der Waals surface area (Å²) in [7, 11) is 1.76. The molecule has 0 radical (unpaired) electrons. The van der Waals surface area contributed by atoms with E-state index >= 15 is 0 Å². The molecule has 40 heavy (non-hydrogen) atoms. The third-order valence-electron chi connectivity index (χ3n) is 14.5. The van der Waals surface area contributed by atoms with Crippen LogP contribution in [-0.4, -0.2) is 35.0 Å². The Kier molecular flexibility index (Phi) is 6.47. The van der Waals surface area contributed by atoms with E-state index in [4.69, 9.17) is 4.74 Å². The summed E-state index contributed by atoms with van der Waals surface area (Å²) in [5.41, 5.74) is 1.14. The molecule has 0 spiro atoms. The smallest absolute Gasteiger partial charge is 0.238 e. The van der Waals surface area contributed by atoms with Gasteiger partial charge in [0.15, 0.2) is 0 Å². The standard InChI is InChI=1S/C35H52N2O3/c1-22(21-40-8)24-11-16-35(30(39)37-20-19-36-23(37)2)18-17-33(6)25(29(24)35)9-10-27-32(5)14-13-28(38)31(3,4)26(32)12-15-34(27,33)7/h19-20,24-27,29H,1,9-18,21H2,2-8H3/t24-,25+,26-,27+,29+,32-,33+,34+,35-/m0/s1. The number of ketones is 1. The van der Waals surface area contributed by atoms with Crippen molar-refractivity contribution >= 4 is 11.7 Å². The van der Waals surface area contributed by atoms with Crippen molar-refractivity contribution in [3.63, 3.8) is 0 Å². The summed E-state index contributed by atoms with van der Waals surface area (Å²) in [5.74, 6) is 3.70. The molecule has 0 bridgehead atoms. The predicted molar refractivity (Wildman–Crippen MR) is 158 cm³/mol. The molecule has 5 nitrogen and oxygen atoms in total. The van der Waals surface area contributed by atoms with E-state index in [2.05, 4.69) is 46.2 Å². The van der Waals surface area contributed by atoms with E-state index in [1.165, 1.54) is 24.8 Å². The van der Waals surface area contributed by atoms with Crippen LogP contribution in [0.5, 0.6) is 0 Å². The number of rotatable bonds is 4. The van der Waals surface area contributed by atoms with Gasteiger partial charge in [-0.25, -0.2) is 4.98 Å². The molecule has 0 N–H and O–H groups in total. The molecule has 1 aromatic heterocycles. The molecule has 1 aromatic rings. The number of carbonyl (C=O) groups is 2. The number of methoxy groups -OCH3 is 1. The number of Topliss-reactive ketones (excluding diaryl/α,β-unsaturated/α-hetero) is 1. The molecule has 220 valence electrons. The Morgan fingerprint density at radius 3 is 2.42 bits per heavy atom. The molecular weight excluding hydrogens is 496 g/mol. The summed E-state index contributed by atoms with van der Waals surface area (Å²) < 4.78 is 7.47. The van der Waals surface area contributed by atoms with Crippen molar-refractivity contribution < 1.29 is 14.3 Å². The van der Waals surface area contributed by atoms with Gasteiger partial charge in [-0.1, -0.05) is 41.2 Å². The van der Waals surface area contributed by atoms with Gasteiger partial charge in [-0.15, -0.1) is 0 Å². The van der Waals surface area contributed by atoms with Crippen LogP contribution in [-0.2, 0) is 9.53 Å². The molecule has 0 amide bonds. The van der Waals surface area contributed by atoms with Gasteiger partial charge in [-0.3, -0.25) is 14.2 Å². The summed E-state index contributed by atoms with van der Waals surface area (Å²) in [6.45, 7) is 19.3. The zero-order valence-corrected chi connectivity index (χ0v) is 26.1. The quantitative estimate of drug-likeness (QED) is 0.362. The van der Waals surface area contributed by atoms with Crippen LogP contribution in [0.1, 0.15) is 109 Å².